The lowest BCUT2D eigenvalue weighted by Gasteiger charge is -2.14. The number of carboxylic acids is 1. The maximum atomic E-state index is 15.3. The van der Waals surface area contributed by atoms with Crippen LogP contribution >= 0.6 is 0 Å². The van der Waals surface area contributed by atoms with Crippen molar-refractivity contribution >= 4 is 17.0 Å². The number of benzene rings is 3. The minimum atomic E-state index is -1.02. The van der Waals surface area contributed by atoms with Crippen LogP contribution in [0.4, 0.5) is 8.78 Å². The number of fused-ring (bicyclic) bond motifs is 1. The number of hydrogen-bond acceptors (Lipinski definition) is 5. The van der Waals surface area contributed by atoms with E-state index in [-0.39, 0.29) is 41.6 Å². The molecule has 0 spiro atoms. The number of ether oxygens (including phenoxy) is 1. The number of hydrogen-bond donors (Lipinski definition) is 1. The Kier molecular flexibility index (Phi) is 7.25. The zero-order chi connectivity index (χ0) is 28.4. The zero-order valence-electron chi connectivity index (χ0n) is 21.7. The van der Waals surface area contributed by atoms with Crippen LogP contribution in [0.2, 0.25) is 0 Å². The van der Waals surface area contributed by atoms with E-state index in [1.165, 1.54) is 24.3 Å². The molecule has 0 bridgehead atoms. The van der Waals surface area contributed by atoms with Gasteiger partial charge in [-0.3, -0.25) is 0 Å². The number of imidazole rings is 1. The largest absolute Gasteiger partial charge is 0.478 e. The summed E-state index contributed by atoms with van der Waals surface area (Å²) in [6, 6.07) is 20.7. The molecule has 40 heavy (non-hydrogen) atoms. The van der Waals surface area contributed by atoms with Crippen LogP contribution in [0, 0.1) is 23.0 Å². The van der Waals surface area contributed by atoms with Gasteiger partial charge in [0.25, 0.3) is 0 Å². The Hall–Kier alpha value is -5.10. The second-order valence-corrected chi connectivity index (χ2v) is 9.55. The molecule has 5 aromatic rings. The first-order chi connectivity index (χ1) is 19.2. The van der Waals surface area contributed by atoms with Gasteiger partial charge < -0.3 is 14.4 Å². The van der Waals surface area contributed by atoms with E-state index in [1.54, 1.807) is 42.5 Å². The van der Waals surface area contributed by atoms with Crippen molar-refractivity contribution in [1.82, 2.24) is 14.5 Å². The number of nitriles is 1. The van der Waals surface area contributed by atoms with Crippen molar-refractivity contribution in [2.75, 3.05) is 0 Å². The Bertz CT molecular complexity index is 1790. The Morgan fingerprint density at radius 1 is 1.00 bits per heavy atom. The Morgan fingerprint density at radius 2 is 1.77 bits per heavy atom. The predicted molar refractivity (Wildman–Crippen MR) is 145 cm³/mol. The second kappa shape index (κ2) is 10.9. The fourth-order valence-corrected chi connectivity index (χ4v) is 4.54. The number of rotatable bonds is 8. The molecule has 9 heteroatoms. The van der Waals surface area contributed by atoms with Gasteiger partial charge in [0.05, 0.1) is 33.9 Å². The third-order valence-electron chi connectivity index (χ3n) is 6.50. The summed E-state index contributed by atoms with van der Waals surface area (Å²) < 4.78 is 37.1. The van der Waals surface area contributed by atoms with Gasteiger partial charge in [-0.2, -0.15) is 5.26 Å². The maximum absolute atomic E-state index is 15.3. The van der Waals surface area contributed by atoms with Crippen LogP contribution in [0.1, 0.15) is 52.8 Å². The third-order valence-corrected chi connectivity index (χ3v) is 6.50. The van der Waals surface area contributed by atoms with Gasteiger partial charge in [-0.05, 0) is 61.9 Å². The summed E-state index contributed by atoms with van der Waals surface area (Å²) in [6.07, 6.45) is 0.216. The maximum Gasteiger partial charge on any atom is 0.335 e. The fourth-order valence-electron chi connectivity index (χ4n) is 4.54. The number of halogens is 2. The minimum absolute atomic E-state index is 0.0175. The van der Waals surface area contributed by atoms with Gasteiger partial charge in [0, 0.05) is 29.7 Å². The van der Waals surface area contributed by atoms with Gasteiger partial charge in [0.1, 0.15) is 24.1 Å². The lowest BCUT2D eigenvalue weighted by atomic mass is 10.1. The van der Waals surface area contributed by atoms with Gasteiger partial charge in [-0.1, -0.05) is 24.3 Å². The van der Waals surface area contributed by atoms with Crippen LogP contribution in [0.5, 0.6) is 5.88 Å². The van der Waals surface area contributed by atoms with Crippen LogP contribution in [0.15, 0.2) is 72.8 Å². The number of nitrogens with zero attached hydrogens (tertiary/aromatic N) is 4. The summed E-state index contributed by atoms with van der Waals surface area (Å²) in [6.45, 7) is 3.86. The first-order valence-electron chi connectivity index (χ1n) is 12.5. The first kappa shape index (κ1) is 26.5. The molecule has 0 aliphatic heterocycles. The SMILES string of the molecule is CC(C)n1c(Cc2ccc(-c3cccc(OCc4ccc(C#N)cc4F)n3)cc2F)nc2ccc(C(=O)O)cc21. The second-order valence-electron chi connectivity index (χ2n) is 9.55. The van der Waals surface area contributed by atoms with E-state index in [9.17, 15) is 14.3 Å². The van der Waals surface area contributed by atoms with Crippen LogP contribution < -0.4 is 4.74 Å². The van der Waals surface area contributed by atoms with Crippen molar-refractivity contribution in [2.24, 2.45) is 0 Å². The number of aromatic carboxylic acids is 1. The third kappa shape index (κ3) is 5.38. The molecule has 3 aromatic carbocycles. The van der Waals surface area contributed by atoms with Gasteiger partial charge in [-0.15, -0.1) is 0 Å². The van der Waals surface area contributed by atoms with Crippen molar-refractivity contribution in [2.45, 2.75) is 32.9 Å². The van der Waals surface area contributed by atoms with E-state index in [4.69, 9.17) is 10.00 Å². The number of carboxylic acid groups (broad SMARTS) is 1. The van der Waals surface area contributed by atoms with Crippen molar-refractivity contribution < 1.29 is 23.4 Å². The highest BCUT2D eigenvalue weighted by molar-refractivity contribution is 5.92. The van der Waals surface area contributed by atoms with Crippen LogP contribution in [0.3, 0.4) is 0 Å². The summed E-state index contributed by atoms with van der Waals surface area (Å²) in [5.74, 6) is -1.12. The van der Waals surface area contributed by atoms with E-state index in [1.807, 2.05) is 24.5 Å². The smallest absolute Gasteiger partial charge is 0.335 e. The monoisotopic (exact) mass is 538 g/mol. The van der Waals surface area contributed by atoms with Crippen molar-refractivity contribution in [3.63, 3.8) is 0 Å². The molecule has 7 nitrogen and oxygen atoms in total. The molecule has 0 fully saturated rings. The minimum Gasteiger partial charge on any atom is -0.478 e. The molecular weight excluding hydrogens is 514 g/mol. The summed E-state index contributed by atoms with van der Waals surface area (Å²) in [7, 11) is 0. The number of pyridine rings is 1. The highest BCUT2D eigenvalue weighted by atomic mass is 19.1. The number of aromatic nitrogens is 3. The molecule has 0 unspecified atom stereocenters. The summed E-state index contributed by atoms with van der Waals surface area (Å²) in [5, 5.41) is 18.3. The van der Waals surface area contributed by atoms with Crippen LogP contribution in [-0.2, 0) is 13.0 Å². The van der Waals surface area contributed by atoms with Crippen LogP contribution in [-0.4, -0.2) is 25.6 Å². The normalized spacial score (nSPS) is 11.1. The summed E-state index contributed by atoms with van der Waals surface area (Å²) in [4.78, 5) is 20.6. The average molecular weight is 539 g/mol. The number of carbonyl (C=O) groups is 1. The van der Waals surface area contributed by atoms with Gasteiger partial charge >= 0.3 is 5.97 Å². The van der Waals surface area contributed by atoms with E-state index in [2.05, 4.69) is 9.97 Å². The zero-order valence-corrected chi connectivity index (χ0v) is 21.7. The van der Waals surface area contributed by atoms with E-state index in [0.29, 0.717) is 33.7 Å². The van der Waals surface area contributed by atoms with Gasteiger partial charge in [0.15, 0.2) is 0 Å². The van der Waals surface area contributed by atoms with E-state index < -0.39 is 17.6 Å². The highest BCUT2D eigenvalue weighted by Crippen LogP contribution is 2.27. The van der Waals surface area contributed by atoms with Crippen LogP contribution in [0.25, 0.3) is 22.3 Å². The molecule has 200 valence electrons. The van der Waals surface area contributed by atoms with Crippen molar-refractivity contribution in [3.8, 4) is 23.2 Å². The van der Waals surface area contributed by atoms with Crippen molar-refractivity contribution in [1.29, 1.82) is 5.26 Å². The topological polar surface area (TPSA) is 101 Å². The molecule has 5 rings (SSSR count). The summed E-state index contributed by atoms with van der Waals surface area (Å²) >= 11 is 0. The molecule has 0 radical (unpaired) electrons. The Balaban J connectivity index is 1.37. The molecule has 1 N–H and O–H groups in total. The summed E-state index contributed by atoms with van der Waals surface area (Å²) in [5.41, 5.74) is 3.46. The van der Waals surface area contributed by atoms with Gasteiger partial charge in [0.2, 0.25) is 5.88 Å². The molecule has 0 amide bonds. The Labute approximate surface area is 228 Å². The lowest BCUT2D eigenvalue weighted by molar-refractivity contribution is 0.0697. The molecule has 2 aromatic heterocycles. The standard InChI is InChI=1S/C31H24F2N4O3/c1-18(2)37-28-14-22(31(38)39)10-11-27(28)35-29(37)15-20-8-9-21(13-25(20)33)26-4-3-5-30(36-26)40-17-23-7-6-19(16-34)12-24(23)32/h3-14,18H,15,17H2,1-2H3,(H,38,39). The molecular formula is C31H24F2N4O3. The van der Waals surface area contributed by atoms with E-state index in [0.717, 1.165) is 6.07 Å². The van der Waals surface area contributed by atoms with Gasteiger partial charge in [-0.25, -0.2) is 23.5 Å². The average Bonchev–Trinajstić information content (AvgIpc) is 3.31. The molecule has 0 saturated carbocycles. The van der Waals surface area contributed by atoms with Crippen molar-refractivity contribution in [3.05, 3.63) is 113 Å². The Morgan fingerprint density at radius 3 is 2.48 bits per heavy atom. The predicted octanol–water partition coefficient (Wildman–Crippen LogP) is 6.70. The lowest BCUT2D eigenvalue weighted by Crippen LogP contribution is -2.08. The van der Waals surface area contributed by atoms with E-state index >= 15 is 4.39 Å². The molecule has 0 aliphatic carbocycles. The quantitative estimate of drug-likeness (QED) is 0.236. The molecule has 2 heterocycles. The molecule has 0 atom stereocenters. The molecule has 0 aliphatic rings. The molecule has 0 saturated heterocycles. The fraction of sp³-hybridized carbons (Fsp3) is 0.161. The highest BCUT2D eigenvalue weighted by Gasteiger charge is 2.18. The first-order valence-corrected chi connectivity index (χ1v) is 12.5.